The molecule has 0 aliphatic heterocycles. The van der Waals surface area contributed by atoms with E-state index in [-0.39, 0.29) is 5.82 Å². The van der Waals surface area contributed by atoms with E-state index in [0.29, 0.717) is 22.0 Å². The van der Waals surface area contributed by atoms with Crippen molar-refractivity contribution in [2.45, 2.75) is 19.4 Å². The fourth-order valence-corrected chi connectivity index (χ4v) is 2.49. The Morgan fingerprint density at radius 1 is 1.17 bits per heavy atom. The van der Waals surface area contributed by atoms with E-state index in [0.717, 1.165) is 5.56 Å². The third-order valence-corrected chi connectivity index (χ3v) is 3.75. The summed E-state index contributed by atoms with van der Waals surface area (Å²) < 4.78 is 14.6. The number of rotatable bonds is 3. The van der Waals surface area contributed by atoms with Gasteiger partial charge in [-0.3, -0.25) is 0 Å². The van der Waals surface area contributed by atoms with Crippen molar-refractivity contribution in [2.75, 3.05) is 0 Å². The molecule has 0 aliphatic rings. The molecule has 94 valence electrons. The minimum Gasteiger partial charge on any atom is -0.388 e. The van der Waals surface area contributed by atoms with Crippen LogP contribution >= 0.6 is 15.9 Å². The van der Waals surface area contributed by atoms with Gasteiger partial charge in [-0.25, -0.2) is 4.39 Å². The van der Waals surface area contributed by atoms with Gasteiger partial charge in [0, 0.05) is 5.56 Å². The fraction of sp³-hybridized carbons (Fsp3) is 0.200. The Morgan fingerprint density at radius 2 is 1.83 bits per heavy atom. The molecule has 0 spiro atoms. The molecular weight excluding hydrogens is 295 g/mol. The lowest BCUT2D eigenvalue weighted by Gasteiger charge is -2.13. The fourth-order valence-electron chi connectivity index (χ4n) is 1.88. The molecule has 0 amide bonds. The molecule has 0 aromatic heterocycles. The predicted octanol–water partition coefficient (Wildman–Crippen LogP) is 4.70. The van der Waals surface area contributed by atoms with Gasteiger partial charge in [-0.1, -0.05) is 49.4 Å². The first-order valence-corrected chi connectivity index (χ1v) is 6.65. The highest BCUT2D eigenvalue weighted by atomic mass is 79.9. The molecule has 1 nitrogen and oxygen atoms in total. The van der Waals surface area contributed by atoms with Gasteiger partial charge in [0.15, 0.2) is 0 Å². The van der Waals surface area contributed by atoms with E-state index in [1.807, 2.05) is 37.3 Å². The van der Waals surface area contributed by atoms with Crippen molar-refractivity contribution in [1.82, 2.24) is 0 Å². The number of aliphatic hydroxyl groups excluding tert-OH is 1. The summed E-state index contributed by atoms with van der Waals surface area (Å²) in [6, 6.07) is 12.8. The standard InChI is InChI=1S/C15H14BrFO/c1-2-13(18)12-9-8-11(15(17)14(12)16)10-6-4-3-5-7-10/h3-9,13,18H,2H2,1H3. The molecule has 1 N–H and O–H groups in total. The van der Waals surface area contributed by atoms with E-state index in [2.05, 4.69) is 15.9 Å². The van der Waals surface area contributed by atoms with Crippen LogP contribution < -0.4 is 0 Å². The highest BCUT2D eigenvalue weighted by Crippen LogP contribution is 2.34. The minimum absolute atomic E-state index is 0.328. The molecular formula is C15H14BrFO. The van der Waals surface area contributed by atoms with Crippen molar-refractivity contribution >= 4 is 15.9 Å². The van der Waals surface area contributed by atoms with Crippen LogP contribution in [0.3, 0.4) is 0 Å². The van der Waals surface area contributed by atoms with Crippen LogP contribution in [0.15, 0.2) is 46.9 Å². The molecule has 0 heterocycles. The average molecular weight is 309 g/mol. The monoisotopic (exact) mass is 308 g/mol. The molecule has 1 unspecified atom stereocenters. The topological polar surface area (TPSA) is 20.2 Å². The Kier molecular flexibility index (Phi) is 4.15. The summed E-state index contributed by atoms with van der Waals surface area (Å²) in [6.07, 6.45) is -0.0818. The van der Waals surface area contributed by atoms with E-state index >= 15 is 0 Å². The zero-order valence-corrected chi connectivity index (χ0v) is 11.6. The van der Waals surface area contributed by atoms with E-state index in [1.165, 1.54) is 0 Å². The minimum atomic E-state index is -0.640. The maximum atomic E-state index is 14.3. The van der Waals surface area contributed by atoms with E-state index in [9.17, 15) is 9.50 Å². The second kappa shape index (κ2) is 5.63. The van der Waals surface area contributed by atoms with Crippen molar-refractivity contribution in [3.05, 3.63) is 58.3 Å². The van der Waals surface area contributed by atoms with Crippen LogP contribution in [0.5, 0.6) is 0 Å². The Labute approximate surface area is 114 Å². The Hall–Kier alpha value is -1.19. The van der Waals surface area contributed by atoms with Gasteiger partial charge in [0.05, 0.1) is 10.6 Å². The maximum absolute atomic E-state index is 14.3. The summed E-state index contributed by atoms with van der Waals surface area (Å²) in [5.74, 6) is -0.328. The first kappa shape index (κ1) is 13.2. The normalized spacial score (nSPS) is 12.4. The van der Waals surface area contributed by atoms with E-state index in [4.69, 9.17) is 0 Å². The van der Waals surface area contributed by atoms with Crippen LogP contribution in [-0.4, -0.2) is 5.11 Å². The molecule has 0 bridgehead atoms. The second-order valence-corrected chi connectivity index (χ2v) is 4.91. The second-order valence-electron chi connectivity index (χ2n) is 4.12. The molecule has 0 radical (unpaired) electrons. The quantitative estimate of drug-likeness (QED) is 0.871. The summed E-state index contributed by atoms with van der Waals surface area (Å²) in [5.41, 5.74) is 1.96. The lowest BCUT2D eigenvalue weighted by atomic mass is 10.0. The molecule has 0 fully saturated rings. The number of hydrogen-bond donors (Lipinski definition) is 1. The summed E-state index contributed by atoms with van der Waals surface area (Å²) in [5, 5.41) is 9.80. The van der Waals surface area contributed by atoms with Crippen molar-refractivity contribution in [1.29, 1.82) is 0 Å². The van der Waals surface area contributed by atoms with E-state index in [1.54, 1.807) is 12.1 Å². The van der Waals surface area contributed by atoms with Gasteiger partial charge in [-0.15, -0.1) is 0 Å². The number of hydrogen-bond acceptors (Lipinski definition) is 1. The van der Waals surface area contributed by atoms with Crippen LogP contribution in [0, 0.1) is 5.82 Å². The van der Waals surface area contributed by atoms with Gasteiger partial charge in [0.25, 0.3) is 0 Å². The Morgan fingerprint density at radius 3 is 2.44 bits per heavy atom. The SMILES string of the molecule is CCC(O)c1ccc(-c2ccccc2)c(F)c1Br. The molecule has 2 rings (SSSR count). The first-order valence-electron chi connectivity index (χ1n) is 5.86. The van der Waals surface area contributed by atoms with Gasteiger partial charge >= 0.3 is 0 Å². The van der Waals surface area contributed by atoms with Gasteiger partial charge in [-0.05, 0) is 33.5 Å². The summed E-state index contributed by atoms with van der Waals surface area (Å²) in [6.45, 7) is 1.86. The Balaban J connectivity index is 2.51. The highest BCUT2D eigenvalue weighted by Gasteiger charge is 2.16. The Bertz CT molecular complexity index is 540. The van der Waals surface area contributed by atoms with Crippen LogP contribution in [-0.2, 0) is 0 Å². The first-order chi connectivity index (χ1) is 8.65. The molecule has 2 aromatic rings. The molecule has 2 aromatic carbocycles. The zero-order valence-electron chi connectivity index (χ0n) is 10.0. The van der Waals surface area contributed by atoms with Crippen LogP contribution in [0.4, 0.5) is 4.39 Å². The van der Waals surface area contributed by atoms with Crippen molar-refractivity contribution in [3.63, 3.8) is 0 Å². The third kappa shape index (κ3) is 2.47. The van der Waals surface area contributed by atoms with Crippen LogP contribution in [0.25, 0.3) is 11.1 Å². The lowest BCUT2D eigenvalue weighted by molar-refractivity contribution is 0.172. The molecule has 0 saturated heterocycles. The van der Waals surface area contributed by atoms with Gasteiger partial charge < -0.3 is 5.11 Å². The van der Waals surface area contributed by atoms with Gasteiger partial charge in [0.1, 0.15) is 5.82 Å². The number of aliphatic hydroxyl groups is 1. The van der Waals surface area contributed by atoms with Gasteiger partial charge in [0.2, 0.25) is 0 Å². The smallest absolute Gasteiger partial charge is 0.145 e. The zero-order chi connectivity index (χ0) is 13.1. The van der Waals surface area contributed by atoms with Crippen molar-refractivity contribution in [3.8, 4) is 11.1 Å². The molecule has 3 heteroatoms. The van der Waals surface area contributed by atoms with Crippen LogP contribution in [0.2, 0.25) is 0 Å². The molecule has 0 aliphatic carbocycles. The highest BCUT2D eigenvalue weighted by molar-refractivity contribution is 9.10. The summed E-state index contributed by atoms with van der Waals surface area (Å²) in [4.78, 5) is 0. The van der Waals surface area contributed by atoms with Crippen molar-refractivity contribution in [2.24, 2.45) is 0 Å². The summed E-state index contributed by atoms with van der Waals surface area (Å²) in [7, 11) is 0. The maximum Gasteiger partial charge on any atom is 0.145 e. The van der Waals surface area contributed by atoms with E-state index < -0.39 is 6.10 Å². The molecule has 0 saturated carbocycles. The van der Waals surface area contributed by atoms with Crippen molar-refractivity contribution < 1.29 is 9.50 Å². The lowest BCUT2D eigenvalue weighted by Crippen LogP contribution is -1.99. The number of halogens is 2. The number of benzene rings is 2. The molecule has 18 heavy (non-hydrogen) atoms. The third-order valence-electron chi connectivity index (χ3n) is 2.94. The van der Waals surface area contributed by atoms with Gasteiger partial charge in [-0.2, -0.15) is 0 Å². The summed E-state index contributed by atoms with van der Waals surface area (Å²) >= 11 is 3.23. The predicted molar refractivity (Wildman–Crippen MR) is 74.8 cm³/mol. The average Bonchev–Trinajstić information content (AvgIpc) is 2.42. The van der Waals surface area contributed by atoms with Crippen LogP contribution in [0.1, 0.15) is 25.0 Å². The molecule has 1 atom stereocenters. The largest absolute Gasteiger partial charge is 0.388 e.